The van der Waals surface area contributed by atoms with Crippen LogP contribution in [0.15, 0.2) is 12.3 Å². The first kappa shape index (κ1) is 15.7. The summed E-state index contributed by atoms with van der Waals surface area (Å²) in [5, 5.41) is 0. The summed E-state index contributed by atoms with van der Waals surface area (Å²) < 4.78 is 5.17. The zero-order valence-electron chi connectivity index (χ0n) is 14.4. The Morgan fingerprint density at radius 2 is 1.88 bits per heavy atom. The third-order valence-electron chi connectivity index (χ3n) is 5.99. The van der Waals surface area contributed by atoms with Crippen molar-refractivity contribution in [3.8, 4) is 5.88 Å². The first-order chi connectivity index (χ1) is 11.7. The van der Waals surface area contributed by atoms with Crippen molar-refractivity contribution in [1.29, 1.82) is 0 Å². The van der Waals surface area contributed by atoms with Crippen LogP contribution in [0, 0.1) is 17.8 Å². The molecule has 1 saturated carbocycles. The average Bonchev–Trinajstić information content (AvgIpc) is 3.23. The second-order valence-electron chi connectivity index (χ2n) is 7.35. The van der Waals surface area contributed by atoms with Gasteiger partial charge >= 0.3 is 0 Å². The summed E-state index contributed by atoms with van der Waals surface area (Å²) in [6.45, 7) is 3.68. The lowest BCUT2D eigenvalue weighted by molar-refractivity contribution is -0.135. The molecular weight excluding hydrogens is 304 g/mol. The number of piperidine rings is 1. The van der Waals surface area contributed by atoms with Gasteiger partial charge in [-0.1, -0.05) is 6.42 Å². The van der Waals surface area contributed by atoms with Crippen LogP contribution in [-0.4, -0.2) is 54.1 Å². The molecule has 0 aromatic carbocycles. The number of aromatic nitrogens is 2. The van der Waals surface area contributed by atoms with Gasteiger partial charge in [0.05, 0.1) is 7.11 Å². The average molecular weight is 330 g/mol. The number of methoxy groups -OCH3 is 1. The lowest BCUT2D eigenvalue weighted by Gasteiger charge is -2.33. The van der Waals surface area contributed by atoms with Crippen LogP contribution in [0.1, 0.15) is 32.1 Å². The van der Waals surface area contributed by atoms with Crippen molar-refractivity contribution in [2.45, 2.75) is 32.1 Å². The van der Waals surface area contributed by atoms with Gasteiger partial charge in [0.25, 0.3) is 0 Å². The van der Waals surface area contributed by atoms with Gasteiger partial charge in [-0.15, -0.1) is 0 Å². The molecule has 2 unspecified atom stereocenters. The number of rotatable bonds is 3. The molecule has 130 valence electrons. The highest BCUT2D eigenvalue weighted by molar-refractivity contribution is 5.79. The van der Waals surface area contributed by atoms with Crippen molar-refractivity contribution in [3.05, 3.63) is 12.3 Å². The largest absolute Gasteiger partial charge is 0.481 e. The van der Waals surface area contributed by atoms with E-state index in [9.17, 15) is 4.79 Å². The molecule has 3 aliphatic rings. The molecule has 1 amide bonds. The summed E-state index contributed by atoms with van der Waals surface area (Å²) in [6.07, 6.45) is 7.51. The van der Waals surface area contributed by atoms with E-state index < -0.39 is 0 Å². The molecule has 4 rings (SSSR count). The Balaban J connectivity index is 1.33. The number of hydrogen-bond donors (Lipinski definition) is 0. The number of amides is 1. The SMILES string of the molecule is COc1ccnc(N2CCC(C(=O)N3CC4CCCC4C3)CC2)n1. The van der Waals surface area contributed by atoms with E-state index in [4.69, 9.17) is 4.74 Å². The quantitative estimate of drug-likeness (QED) is 0.848. The first-order valence-electron chi connectivity index (χ1n) is 9.15. The number of carbonyl (C=O) groups excluding carboxylic acids is 1. The predicted molar refractivity (Wildman–Crippen MR) is 90.9 cm³/mol. The third-order valence-corrected chi connectivity index (χ3v) is 5.99. The number of hydrogen-bond acceptors (Lipinski definition) is 5. The number of nitrogens with zero attached hydrogens (tertiary/aromatic N) is 4. The lowest BCUT2D eigenvalue weighted by atomic mass is 9.95. The van der Waals surface area contributed by atoms with Crippen molar-refractivity contribution >= 4 is 11.9 Å². The van der Waals surface area contributed by atoms with Gasteiger partial charge in [0.2, 0.25) is 17.7 Å². The number of fused-ring (bicyclic) bond motifs is 1. The molecule has 3 fully saturated rings. The topological polar surface area (TPSA) is 58.6 Å². The Kier molecular flexibility index (Phi) is 4.29. The molecule has 24 heavy (non-hydrogen) atoms. The second-order valence-corrected chi connectivity index (χ2v) is 7.35. The number of anilines is 1. The van der Waals surface area contributed by atoms with Crippen LogP contribution in [-0.2, 0) is 4.79 Å². The maximum absolute atomic E-state index is 12.8. The van der Waals surface area contributed by atoms with Crippen molar-refractivity contribution in [1.82, 2.24) is 14.9 Å². The van der Waals surface area contributed by atoms with E-state index in [0.717, 1.165) is 50.9 Å². The Morgan fingerprint density at radius 3 is 2.54 bits per heavy atom. The van der Waals surface area contributed by atoms with Crippen LogP contribution in [0.2, 0.25) is 0 Å². The Bertz CT molecular complexity index is 588. The number of ether oxygens (including phenoxy) is 1. The fourth-order valence-corrected chi connectivity index (χ4v) is 4.60. The van der Waals surface area contributed by atoms with E-state index in [1.54, 1.807) is 19.4 Å². The molecule has 1 aromatic heterocycles. The zero-order chi connectivity index (χ0) is 16.5. The van der Waals surface area contributed by atoms with Gasteiger partial charge in [0.1, 0.15) is 0 Å². The van der Waals surface area contributed by atoms with Gasteiger partial charge in [-0.2, -0.15) is 4.98 Å². The fraction of sp³-hybridized carbons (Fsp3) is 0.722. The zero-order valence-corrected chi connectivity index (χ0v) is 14.4. The van der Waals surface area contributed by atoms with E-state index in [1.807, 2.05) is 0 Å². The molecule has 6 heteroatoms. The van der Waals surface area contributed by atoms with Gasteiger partial charge in [0, 0.05) is 44.4 Å². The molecule has 0 bridgehead atoms. The van der Waals surface area contributed by atoms with Crippen molar-refractivity contribution in [2.24, 2.45) is 17.8 Å². The molecule has 3 heterocycles. The summed E-state index contributed by atoms with van der Waals surface area (Å²) in [6, 6.07) is 1.75. The van der Waals surface area contributed by atoms with E-state index in [-0.39, 0.29) is 5.92 Å². The Morgan fingerprint density at radius 1 is 1.17 bits per heavy atom. The molecule has 1 aromatic rings. The molecule has 0 N–H and O–H groups in total. The summed E-state index contributed by atoms with van der Waals surface area (Å²) in [7, 11) is 1.61. The maximum atomic E-state index is 12.8. The van der Waals surface area contributed by atoms with Gasteiger partial charge in [-0.25, -0.2) is 4.98 Å². The molecule has 0 spiro atoms. The highest BCUT2D eigenvalue weighted by Gasteiger charge is 2.40. The fourth-order valence-electron chi connectivity index (χ4n) is 4.60. The molecule has 2 saturated heterocycles. The summed E-state index contributed by atoms with van der Waals surface area (Å²) in [5.41, 5.74) is 0. The monoisotopic (exact) mass is 330 g/mol. The number of carbonyl (C=O) groups is 1. The Labute approximate surface area is 143 Å². The van der Waals surface area contributed by atoms with Gasteiger partial charge in [0.15, 0.2) is 0 Å². The highest BCUT2D eigenvalue weighted by atomic mass is 16.5. The van der Waals surface area contributed by atoms with Crippen LogP contribution in [0.4, 0.5) is 5.95 Å². The third kappa shape index (κ3) is 2.94. The Hall–Kier alpha value is -1.85. The minimum atomic E-state index is 0.172. The highest BCUT2D eigenvalue weighted by Crippen LogP contribution is 2.38. The van der Waals surface area contributed by atoms with Crippen molar-refractivity contribution in [3.63, 3.8) is 0 Å². The normalized spacial score (nSPS) is 27.4. The summed E-state index contributed by atoms with van der Waals surface area (Å²) >= 11 is 0. The maximum Gasteiger partial charge on any atom is 0.228 e. The minimum absolute atomic E-state index is 0.172. The smallest absolute Gasteiger partial charge is 0.228 e. The van der Waals surface area contributed by atoms with E-state index in [2.05, 4.69) is 19.8 Å². The lowest BCUT2D eigenvalue weighted by Crippen LogP contribution is -2.42. The molecule has 1 aliphatic carbocycles. The second kappa shape index (κ2) is 6.57. The van der Waals surface area contributed by atoms with Gasteiger partial charge in [-0.05, 0) is 37.5 Å². The first-order valence-corrected chi connectivity index (χ1v) is 9.15. The van der Waals surface area contributed by atoms with Crippen LogP contribution in [0.5, 0.6) is 5.88 Å². The van der Waals surface area contributed by atoms with Crippen LogP contribution < -0.4 is 9.64 Å². The molecular formula is C18H26N4O2. The summed E-state index contributed by atoms with van der Waals surface area (Å²) in [4.78, 5) is 25.9. The minimum Gasteiger partial charge on any atom is -0.481 e. The van der Waals surface area contributed by atoms with Crippen LogP contribution >= 0.6 is 0 Å². The van der Waals surface area contributed by atoms with E-state index in [1.165, 1.54) is 19.3 Å². The van der Waals surface area contributed by atoms with Crippen LogP contribution in [0.25, 0.3) is 0 Å². The van der Waals surface area contributed by atoms with Crippen molar-refractivity contribution < 1.29 is 9.53 Å². The van der Waals surface area contributed by atoms with Gasteiger partial charge in [-0.3, -0.25) is 4.79 Å². The van der Waals surface area contributed by atoms with Gasteiger partial charge < -0.3 is 14.5 Å². The molecule has 6 nitrogen and oxygen atoms in total. The predicted octanol–water partition coefficient (Wildman–Crippen LogP) is 1.96. The molecule has 2 aliphatic heterocycles. The molecule has 2 atom stereocenters. The van der Waals surface area contributed by atoms with Crippen LogP contribution in [0.3, 0.4) is 0 Å². The molecule has 0 radical (unpaired) electrons. The number of likely N-dealkylation sites (tertiary alicyclic amines) is 1. The van der Waals surface area contributed by atoms with E-state index in [0.29, 0.717) is 17.7 Å². The van der Waals surface area contributed by atoms with Crippen molar-refractivity contribution in [2.75, 3.05) is 38.2 Å². The standard InChI is InChI=1S/C18H26N4O2/c1-24-16-5-8-19-18(20-16)21-9-6-13(7-10-21)17(23)22-11-14-3-2-4-15(14)12-22/h5,8,13-15H,2-4,6-7,9-12H2,1H3. The van der Waals surface area contributed by atoms with E-state index >= 15 is 0 Å². The summed E-state index contributed by atoms with van der Waals surface area (Å²) in [5.74, 6) is 3.40.